The van der Waals surface area contributed by atoms with E-state index in [1.54, 1.807) is 13.4 Å². The summed E-state index contributed by atoms with van der Waals surface area (Å²) in [4.78, 5) is 14.4. The zero-order valence-corrected chi connectivity index (χ0v) is 14.1. The first-order chi connectivity index (χ1) is 11.7. The molecule has 1 aliphatic heterocycles. The number of aryl methyl sites for hydroxylation is 1. The molecule has 0 radical (unpaired) electrons. The third kappa shape index (κ3) is 3.50. The van der Waals surface area contributed by atoms with Gasteiger partial charge in [-0.1, -0.05) is 18.2 Å². The van der Waals surface area contributed by atoms with Crippen molar-refractivity contribution in [3.63, 3.8) is 0 Å². The minimum atomic E-state index is -0.0484. The molecule has 7 heteroatoms. The number of benzene rings is 1. The third-order valence-electron chi connectivity index (χ3n) is 4.44. The van der Waals surface area contributed by atoms with Crippen molar-refractivity contribution in [2.45, 2.75) is 25.3 Å². The molecular formula is C17H23N5O2. The van der Waals surface area contributed by atoms with E-state index in [4.69, 9.17) is 4.74 Å². The Morgan fingerprint density at radius 1 is 1.42 bits per heavy atom. The van der Waals surface area contributed by atoms with E-state index in [1.165, 1.54) is 0 Å². The number of urea groups is 1. The Hall–Kier alpha value is -2.57. The van der Waals surface area contributed by atoms with Crippen LogP contribution in [0.5, 0.6) is 5.75 Å². The molecule has 1 aliphatic rings. The van der Waals surface area contributed by atoms with Crippen molar-refractivity contribution in [1.29, 1.82) is 0 Å². The average molecular weight is 329 g/mol. The molecule has 0 saturated carbocycles. The molecule has 1 saturated heterocycles. The number of para-hydroxylation sites is 1. The summed E-state index contributed by atoms with van der Waals surface area (Å²) >= 11 is 0. The summed E-state index contributed by atoms with van der Waals surface area (Å²) in [6.07, 6.45) is 3.71. The van der Waals surface area contributed by atoms with Crippen molar-refractivity contribution >= 4 is 6.03 Å². The zero-order valence-electron chi connectivity index (χ0n) is 14.1. The molecule has 0 aliphatic carbocycles. The van der Waals surface area contributed by atoms with E-state index in [9.17, 15) is 4.79 Å². The van der Waals surface area contributed by atoms with E-state index in [1.807, 2.05) is 40.8 Å². The summed E-state index contributed by atoms with van der Waals surface area (Å²) < 4.78 is 7.25. The molecule has 1 unspecified atom stereocenters. The molecule has 2 amide bonds. The van der Waals surface area contributed by atoms with Gasteiger partial charge < -0.3 is 19.5 Å². The normalized spacial score (nSPS) is 17.6. The highest BCUT2D eigenvalue weighted by Crippen LogP contribution is 2.25. The van der Waals surface area contributed by atoms with Gasteiger partial charge >= 0.3 is 6.03 Å². The summed E-state index contributed by atoms with van der Waals surface area (Å²) in [6, 6.07) is 7.66. The predicted molar refractivity (Wildman–Crippen MR) is 89.8 cm³/mol. The van der Waals surface area contributed by atoms with Gasteiger partial charge in [0.1, 0.15) is 17.9 Å². The Morgan fingerprint density at radius 3 is 3.00 bits per heavy atom. The number of amides is 2. The lowest BCUT2D eigenvalue weighted by molar-refractivity contribution is 0.177. The number of piperidine rings is 1. The number of methoxy groups -OCH3 is 1. The van der Waals surface area contributed by atoms with Gasteiger partial charge in [0.25, 0.3) is 0 Å². The number of likely N-dealkylation sites (tertiary alicyclic amines) is 1. The molecule has 24 heavy (non-hydrogen) atoms. The lowest BCUT2D eigenvalue weighted by Gasteiger charge is -2.32. The molecule has 1 atom stereocenters. The SMILES string of the molecule is COc1ccccc1CNC(=O)N1CCCC(c2nncn2C)C1. The second-order valence-corrected chi connectivity index (χ2v) is 6.06. The first-order valence-electron chi connectivity index (χ1n) is 8.17. The van der Waals surface area contributed by atoms with Gasteiger partial charge in [-0.3, -0.25) is 0 Å². The Morgan fingerprint density at radius 2 is 2.25 bits per heavy atom. The fourth-order valence-electron chi connectivity index (χ4n) is 3.17. The van der Waals surface area contributed by atoms with Crippen molar-refractivity contribution in [1.82, 2.24) is 25.0 Å². The second kappa shape index (κ2) is 7.33. The van der Waals surface area contributed by atoms with Gasteiger partial charge in [0.15, 0.2) is 0 Å². The van der Waals surface area contributed by atoms with Gasteiger partial charge in [0.05, 0.1) is 7.11 Å². The molecule has 2 aromatic rings. The van der Waals surface area contributed by atoms with Crippen LogP contribution in [0.3, 0.4) is 0 Å². The highest BCUT2D eigenvalue weighted by molar-refractivity contribution is 5.74. The van der Waals surface area contributed by atoms with Gasteiger partial charge in [-0.05, 0) is 18.9 Å². The van der Waals surface area contributed by atoms with Crippen LogP contribution in [0.15, 0.2) is 30.6 Å². The van der Waals surface area contributed by atoms with E-state index in [0.717, 1.165) is 36.5 Å². The minimum absolute atomic E-state index is 0.0484. The topological polar surface area (TPSA) is 72.3 Å². The van der Waals surface area contributed by atoms with E-state index in [2.05, 4.69) is 15.5 Å². The number of nitrogens with zero attached hydrogens (tertiary/aromatic N) is 4. The molecule has 7 nitrogen and oxygen atoms in total. The van der Waals surface area contributed by atoms with Gasteiger partial charge in [-0.15, -0.1) is 10.2 Å². The number of rotatable bonds is 4. The summed E-state index contributed by atoms with van der Waals surface area (Å²) in [5, 5.41) is 11.1. The maximum atomic E-state index is 12.5. The Bertz CT molecular complexity index is 700. The van der Waals surface area contributed by atoms with E-state index >= 15 is 0 Å². The summed E-state index contributed by atoms with van der Waals surface area (Å²) in [5.74, 6) is 1.97. The standard InChI is InChI=1S/C17H23N5O2/c1-21-12-19-20-16(21)14-7-5-9-22(11-14)17(23)18-10-13-6-3-4-8-15(13)24-2/h3-4,6,8,12,14H,5,7,9-11H2,1-2H3,(H,18,23). The number of hydrogen-bond acceptors (Lipinski definition) is 4. The molecule has 0 bridgehead atoms. The Balaban J connectivity index is 1.59. The number of ether oxygens (including phenoxy) is 1. The zero-order chi connectivity index (χ0) is 16.9. The molecule has 3 rings (SSSR count). The van der Waals surface area contributed by atoms with E-state index in [0.29, 0.717) is 13.1 Å². The van der Waals surface area contributed by atoms with Crippen LogP contribution in [-0.2, 0) is 13.6 Å². The van der Waals surface area contributed by atoms with Crippen LogP contribution in [-0.4, -0.2) is 45.9 Å². The van der Waals surface area contributed by atoms with Crippen molar-refractivity contribution < 1.29 is 9.53 Å². The molecule has 1 N–H and O–H groups in total. The molecule has 1 fully saturated rings. The van der Waals surface area contributed by atoms with Gasteiger partial charge in [0, 0.05) is 38.2 Å². The van der Waals surface area contributed by atoms with Crippen molar-refractivity contribution in [2.24, 2.45) is 7.05 Å². The summed E-state index contributed by atoms with van der Waals surface area (Å²) in [7, 11) is 3.58. The van der Waals surface area contributed by atoms with Crippen LogP contribution >= 0.6 is 0 Å². The lowest BCUT2D eigenvalue weighted by atomic mass is 9.97. The van der Waals surface area contributed by atoms with Crippen LogP contribution < -0.4 is 10.1 Å². The maximum Gasteiger partial charge on any atom is 0.317 e. The number of hydrogen-bond donors (Lipinski definition) is 1. The molecule has 1 aromatic heterocycles. The fraction of sp³-hybridized carbons (Fsp3) is 0.471. The average Bonchev–Trinajstić information content (AvgIpc) is 3.06. The molecule has 1 aromatic carbocycles. The molecule has 128 valence electrons. The highest BCUT2D eigenvalue weighted by atomic mass is 16.5. The fourth-order valence-corrected chi connectivity index (χ4v) is 3.17. The second-order valence-electron chi connectivity index (χ2n) is 6.06. The van der Waals surface area contributed by atoms with Crippen LogP contribution in [0.4, 0.5) is 4.79 Å². The lowest BCUT2D eigenvalue weighted by Crippen LogP contribution is -2.45. The third-order valence-corrected chi connectivity index (χ3v) is 4.44. The molecular weight excluding hydrogens is 306 g/mol. The van der Waals surface area contributed by atoms with Gasteiger partial charge in [0.2, 0.25) is 0 Å². The number of aromatic nitrogens is 3. The van der Waals surface area contributed by atoms with Gasteiger partial charge in [-0.25, -0.2) is 4.79 Å². The van der Waals surface area contributed by atoms with E-state index in [-0.39, 0.29) is 11.9 Å². The summed E-state index contributed by atoms with van der Waals surface area (Å²) in [5.41, 5.74) is 0.968. The minimum Gasteiger partial charge on any atom is -0.496 e. The number of carbonyl (C=O) groups excluding carboxylic acids is 1. The monoisotopic (exact) mass is 329 g/mol. The van der Waals surface area contributed by atoms with Crippen LogP contribution in [0, 0.1) is 0 Å². The number of nitrogens with one attached hydrogen (secondary N) is 1. The first kappa shape index (κ1) is 16.3. The van der Waals surface area contributed by atoms with Crippen LogP contribution in [0.2, 0.25) is 0 Å². The quantitative estimate of drug-likeness (QED) is 0.930. The maximum absolute atomic E-state index is 12.5. The highest BCUT2D eigenvalue weighted by Gasteiger charge is 2.27. The van der Waals surface area contributed by atoms with Crippen molar-refractivity contribution in [3.8, 4) is 5.75 Å². The number of carbonyl (C=O) groups is 1. The predicted octanol–water partition coefficient (Wildman–Crippen LogP) is 1.91. The van der Waals surface area contributed by atoms with Gasteiger partial charge in [-0.2, -0.15) is 0 Å². The van der Waals surface area contributed by atoms with Crippen LogP contribution in [0.25, 0.3) is 0 Å². The van der Waals surface area contributed by atoms with Crippen LogP contribution in [0.1, 0.15) is 30.1 Å². The smallest absolute Gasteiger partial charge is 0.317 e. The Kier molecular flexibility index (Phi) is 4.98. The van der Waals surface area contributed by atoms with Crippen molar-refractivity contribution in [3.05, 3.63) is 42.0 Å². The summed E-state index contributed by atoms with van der Waals surface area (Å²) in [6.45, 7) is 1.89. The molecule has 0 spiro atoms. The largest absolute Gasteiger partial charge is 0.496 e. The van der Waals surface area contributed by atoms with E-state index < -0.39 is 0 Å². The first-order valence-corrected chi connectivity index (χ1v) is 8.17. The van der Waals surface area contributed by atoms with Crippen molar-refractivity contribution in [2.75, 3.05) is 20.2 Å². The molecule has 2 heterocycles. The Labute approximate surface area is 141 Å².